The van der Waals surface area contributed by atoms with Gasteiger partial charge in [-0.1, -0.05) is 28.9 Å². The number of nitrogens with zero attached hydrogens (tertiary/aromatic N) is 2. The lowest BCUT2D eigenvalue weighted by Gasteiger charge is -2.21. The second-order valence-corrected chi connectivity index (χ2v) is 4.78. The van der Waals surface area contributed by atoms with Crippen LogP contribution in [0.2, 0.25) is 0 Å². The van der Waals surface area contributed by atoms with Crippen molar-refractivity contribution in [3.05, 3.63) is 30.6 Å². The van der Waals surface area contributed by atoms with Gasteiger partial charge in [0.1, 0.15) is 11.5 Å². The zero-order valence-corrected chi connectivity index (χ0v) is 11.1. The zero-order chi connectivity index (χ0) is 11.5. The number of alkyl halides is 1. The molecule has 0 aliphatic heterocycles. The molecule has 0 saturated heterocycles. The molecule has 0 saturated carbocycles. The molecule has 0 amide bonds. The molecule has 0 spiro atoms. The minimum absolute atomic E-state index is 0.423. The van der Waals surface area contributed by atoms with Crippen molar-refractivity contribution < 1.29 is 0 Å². The molecule has 2 aromatic rings. The van der Waals surface area contributed by atoms with Gasteiger partial charge in [-0.15, -0.1) is 0 Å². The Labute approximate surface area is 104 Å². The largest absolute Gasteiger partial charge is 0.368 e. The molecule has 0 bridgehead atoms. The number of nitrogens with one attached hydrogen (secondary N) is 1. The van der Waals surface area contributed by atoms with E-state index in [9.17, 15) is 0 Å². The highest BCUT2D eigenvalue weighted by Crippen LogP contribution is 2.15. The Balaban J connectivity index is 2.23. The summed E-state index contributed by atoms with van der Waals surface area (Å²) >= 11 is 3.51. The van der Waals surface area contributed by atoms with Gasteiger partial charge in [-0.2, -0.15) is 0 Å². The van der Waals surface area contributed by atoms with Crippen molar-refractivity contribution in [1.29, 1.82) is 0 Å². The number of hydrogen-bond acceptors (Lipinski definition) is 2. The highest BCUT2D eigenvalue weighted by atomic mass is 79.9. The summed E-state index contributed by atoms with van der Waals surface area (Å²) in [6.07, 6.45) is 3.79. The van der Waals surface area contributed by atoms with E-state index in [0.29, 0.717) is 12.0 Å². The van der Waals surface area contributed by atoms with Crippen molar-refractivity contribution in [2.75, 3.05) is 10.6 Å². The van der Waals surface area contributed by atoms with E-state index in [1.807, 2.05) is 24.5 Å². The molecule has 0 aliphatic carbocycles. The molecule has 2 heterocycles. The fourth-order valence-electron chi connectivity index (χ4n) is 1.57. The van der Waals surface area contributed by atoms with Crippen molar-refractivity contribution in [1.82, 2.24) is 9.38 Å². The Bertz CT molecular complexity index is 466. The predicted octanol–water partition coefficient (Wildman–Crippen LogP) is 3.17. The third-order valence-electron chi connectivity index (χ3n) is 2.90. The molecule has 0 fully saturated rings. The maximum Gasteiger partial charge on any atom is 0.138 e. The van der Waals surface area contributed by atoms with Crippen LogP contribution in [0.3, 0.4) is 0 Å². The number of imidazole rings is 1. The summed E-state index contributed by atoms with van der Waals surface area (Å²) in [5, 5.41) is 4.52. The molecule has 0 radical (unpaired) electrons. The number of aromatic nitrogens is 2. The second-order valence-electron chi connectivity index (χ2n) is 4.13. The summed E-state index contributed by atoms with van der Waals surface area (Å²) in [6.45, 7) is 4.42. The van der Waals surface area contributed by atoms with E-state index in [2.05, 4.69) is 50.5 Å². The summed E-state index contributed by atoms with van der Waals surface area (Å²) in [7, 11) is 0. The van der Waals surface area contributed by atoms with Gasteiger partial charge in [0.15, 0.2) is 0 Å². The van der Waals surface area contributed by atoms with Gasteiger partial charge in [0.05, 0.1) is 0 Å². The predicted molar refractivity (Wildman–Crippen MR) is 71.2 cm³/mol. The lowest BCUT2D eigenvalue weighted by molar-refractivity contribution is 0.570. The third-order valence-corrected chi connectivity index (χ3v) is 3.92. The quantitative estimate of drug-likeness (QED) is 0.873. The van der Waals surface area contributed by atoms with Crippen LogP contribution in [-0.2, 0) is 0 Å². The van der Waals surface area contributed by atoms with Crippen molar-refractivity contribution in [3.63, 3.8) is 0 Å². The zero-order valence-electron chi connectivity index (χ0n) is 9.52. The molecular weight excluding hydrogens is 266 g/mol. The Morgan fingerprint density at radius 1 is 1.44 bits per heavy atom. The Morgan fingerprint density at radius 3 is 3.00 bits per heavy atom. The van der Waals surface area contributed by atoms with E-state index in [1.165, 1.54) is 0 Å². The summed E-state index contributed by atoms with van der Waals surface area (Å²) in [4.78, 5) is 4.27. The first-order valence-electron chi connectivity index (χ1n) is 5.47. The van der Waals surface area contributed by atoms with E-state index in [1.54, 1.807) is 0 Å². The van der Waals surface area contributed by atoms with E-state index in [-0.39, 0.29) is 0 Å². The summed E-state index contributed by atoms with van der Waals surface area (Å²) in [5.74, 6) is 1.68. The topological polar surface area (TPSA) is 29.3 Å². The van der Waals surface area contributed by atoms with Crippen molar-refractivity contribution in [2.24, 2.45) is 5.92 Å². The van der Waals surface area contributed by atoms with Gasteiger partial charge < -0.3 is 5.32 Å². The molecule has 2 rings (SSSR count). The van der Waals surface area contributed by atoms with Crippen LogP contribution in [0.5, 0.6) is 0 Å². The van der Waals surface area contributed by atoms with Gasteiger partial charge >= 0.3 is 0 Å². The van der Waals surface area contributed by atoms with Crippen molar-refractivity contribution >= 4 is 27.4 Å². The second kappa shape index (κ2) is 4.87. The van der Waals surface area contributed by atoms with Crippen LogP contribution in [-0.4, -0.2) is 20.8 Å². The van der Waals surface area contributed by atoms with E-state index in [4.69, 9.17) is 0 Å². The Kier molecular flexibility index (Phi) is 3.49. The van der Waals surface area contributed by atoms with Gasteiger partial charge in [-0.05, 0) is 25.0 Å². The van der Waals surface area contributed by atoms with Gasteiger partial charge in [-0.25, -0.2) is 4.98 Å². The van der Waals surface area contributed by atoms with Crippen LogP contribution >= 0.6 is 15.9 Å². The fraction of sp³-hybridized carbons (Fsp3) is 0.417. The van der Waals surface area contributed by atoms with Crippen LogP contribution in [0.15, 0.2) is 30.6 Å². The molecule has 2 aromatic heterocycles. The number of hydrogen-bond donors (Lipinski definition) is 1. The first kappa shape index (κ1) is 11.5. The minimum Gasteiger partial charge on any atom is -0.368 e. The molecule has 16 heavy (non-hydrogen) atoms. The van der Waals surface area contributed by atoms with Crippen LogP contribution in [0.25, 0.3) is 5.65 Å². The monoisotopic (exact) mass is 281 g/mol. The maximum atomic E-state index is 4.27. The van der Waals surface area contributed by atoms with Gasteiger partial charge in [-0.3, -0.25) is 4.40 Å². The summed E-state index contributed by atoms with van der Waals surface area (Å²) in [5.41, 5.74) is 0.976. The molecule has 2 atom stereocenters. The van der Waals surface area contributed by atoms with Crippen molar-refractivity contribution in [3.8, 4) is 0 Å². The molecular formula is C12H16BrN3. The molecule has 86 valence electrons. The van der Waals surface area contributed by atoms with Gasteiger partial charge in [0.2, 0.25) is 0 Å². The standard InChI is InChI=1S/C12H16BrN3/c1-9(8-13)10(2)15-12-5-3-4-11-14-6-7-16(11)12/h3-7,9-10,15H,8H2,1-2H3. The van der Waals surface area contributed by atoms with Crippen molar-refractivity contribution in [2.45, 2.75) is 19.9 Å². The highest BCUT2D eigenvalue weighted by Gasteiger charge is 2.11. The van der Waals surface area contributed by atoms with Crippen LogP contribution < -0.4 is 5.32 Å². The number of rotatable bonds is 4. The van der Waals surface area contributed by atoms with Crippen LogP contribution in [0.1, 0.15) is 13.8 Å². The molecule has 3 nitrogen and oxygen atoms in total. The normalized spacial score (nSPS) is 14.9. The summed E-state index contributed by atoms with van der Waals surface area (Å²) < 4.78 is 2.07. The Hall–Kier alpha value is -1.03. The van der Waals surface area contributed by atoms with Gasteiger partial charge in [0, 0.05) is 23.8 Å². The van der Waals surface area contributed by atoms with E-state index in [0.717, 1.165) is 16.8 Å². The van der Waals surface area contributed by atoms with Crippen LogP contribution in [0.4, 0.5) is 5.82 Å². The molecule has 0 aliphatic rings. The number of pyridine rings is 1. The SMILES string of the molecule is CC(CBr)C(C)Nc1cccc2nccn12. The average Bonchev–Trinajstić information content (AvgIpc) is 2.77. The minimum atomic E-state index is 0.423. The summed E-state index contributed by atoms with van der Waals surface area (Å²) in [6, 6.07) is 6.53. The lowest BCUT2D eigenvalue weighted by Crippen LogP contribution is -2.25. The molecule has 2 unspecified atom stereocenters. The number of halogens is 1. The average molecular weight is 282 g/mol. The number of anilines is 1. The maximum absolute atomic E-state index is 4.27. The fourth-order valence-corrected chi connectivity index (χ4v) is 2.14. The van der Waals surface area contributed by atoms with E-state index >= 15 is 0 Å². The molecule has 0 aromatic carbocycles. The van der Waals surface area contributed by atoms with E-state index < -0.39 is 0 Å². The van der Waals surface area contributed by atoms with Crippen LogP contribution in [0, 0.1) is 5.92 Å². The third kappa shape index (κ3) is 2.21. The highest BCUT2D eigenvalue weighted by molar-refractivity contribution is 9.09. The lowest BCUT2D eigenvalue weighted by atomic mass is 10.1. The Morgan fingerprint density at radius 2 is 2.25 bits per heavy atom. The van der Waals surface area contributed by atoms with Gasteiger partial charge in [0.25, 0.3) is 0 Å². The first-order chi connectivity index (χ1) is 7.72. The number of fused-ring (bicyclic) bond motifs is 1. The smallest absolute Gasteiger partial charge is 0.138 e. The molecule has 1 N–H and O–H groups in total. The first-order valence-corrected chi connectivity index (χ1v) is 6.59. The molecule has 4 heteroatoms.